The summed E-state index contributed by atoms with van der Waals surface area (Å²) in [7, 11) is 0. The van der Waals surface area contributed by atoms with E-state index in [4.69, 9.17) is 0 Å². The van der Waals surface area contributed by atoms with Crippen molar-refractivity contribution in [2.24, 2.45) is 11.8 Å². The van der Waals surface area contributed by atoms with Crippen LogP contribution in [0.1, 0.15) is 46.5 Å². The zero-order chi connectivity index (χ0) is 12.0. The van der Waals surface area contributed by atoms with Crippen LogP contribution in [0.5, 0.6) is 0 Å². The van der Waals surface area contributed by atoms with Gasteiger partial charge in [-0.2, -0.15) is 0 Å². The van der Waals surface area contributed by atoms with Crippen LogP contribution in [0.2, 0.25) is 0 Å². The quantitative estimate of drug-likeness (QED) is 0.752. The first-order valence-electron chi connectivity index (χ1n) is 6.65. The van der Waals surface area contributed by atoms with Crippen molar-refractivity contribution in [2.75, 3.05) is 13.1 Å². The fourth-order valence-corrected chi connectivity index (χ4v) is 2.63. The molecule has 1 aliphatic rings. The van der Waals surface area contributed by atoms with Crippen LogP contribution in [-0.2, 0) is 4.79 Å². The van der Waals surface area contributed by atoms with Gasteiger partial charge in [-0.3, -0.25) is 4.79 Å². The molecule has 1 saturated carbocycles. The summed E-state index contributed by atoms with van der Waals surface area (Å²) in [5, 5.41) is 6.25. The molecule has 0 radical (unpaired) electrons. The molecular weight excluding hydrogens is 200 g/mol. The molecule has 16 heavy (non-hydrogen) atoms. The van der Waals surface area contributed by atoms with E-state index in [-0.39, 0.29) is 5.91 Å². The van der Waals surface area contributed by atoms with Crippen molar-refractivity contribution in [1.82, 2.24) is 10.6 Å². The Kier molecular flexibility index (Phi) is 5.81. The average molecular weight is 226 g/mol. The van der Waals surface area contributed by atoms with Gasteiger partial charge in [-0.05, 0) is 31.2 Å². The normalized spacial score (nSPS) is 25.8. The van der Waals surface area contributed by atoms with E-state index in [2.05, 4.69) is 24.5 Å². The van der Waals surface area contributed by atoms with E-state index in [9.17, 15) is 4.79 Å². The van der Waals surface area contributed by atoms with Crippen molar-refractivity contribution in [1.29, 1.82) is 0 Å². The van der Waals surface area contributed by atoms with Crippen molar-refractivity contribution in [3.8, 4) is 0 Å². The molecule has 3 nitrogen and oxygen atoms in total. The largest absolute Gasteiger partial charge is 0.352 e. The van der Waals surface area contributed by atoms with E-state index in [1.54, 1.807) is 0 Å². The Bertz CT molecular complexity index is 216. The number of rotatable bonds is 5. The van der Waals surface area contributed by atoms with Gasteiger partial charge >= 0.3 is 0 Å². The highest BCUT2D eigenvalue weighted by molar-refractivity contribution is 5.78. The van der Waals surface area contributed by atoms with Crippen molar-refractivity contribution in [3.63, 3.8) is 0 Å². The second kappa shape index (κ2) is 6.89. The topological polar surface area (TPSA) is 41.1 Å². The molecule has 3 heteroatoms. The summed E-state index contributed by atoms with van der Waals surface area (Å²) in [6.07, 6.45) is 5.00. The molecule has 0 heterocycles. The molecule has 2 N–H and O–H groups in total. The van der Waals surface area contributed by atoms with Crippen molar-refractivity contribution >= 4 is 5.91 Å². The number of hydrogen-bond acceptors (Lipinski definition) is 2. The lowest BCUT2D eigenvalue weighted by Gasteiger charge is -2.34. The summed E-state index contributed by atoms with van der Waals surface area (Å²) in [6.45, 7) is 7.85. The molecule has 0 aromatic rings. The van der Waals surface area contributed by atoms with Crippen molar-refractivity contribution in [3.05, 3.63) is 0 Å². The number of carbonyl (C=O) groups excluding carboxylic acids is 1. The molecule has 0 saturated heterocycles. The van der Waals surface area contributed by atoms with Gasteiger partial charge in [0, 0.05) is 6.04 Å². The van der Waals surface area contributed by atoms with Gasteiger partial charge in [-0.15, -0.1) is 0 Å². The molecule has 2 unspecified atom stereocenters. The number of amides is 1. The highest BCUT2D eigenvalue weighted by Gasteiger charge is 2.28. The maximum Gasteiger partial charge on any atom is 0.234 e. The summed E-state index contributed by atoms with van der Waals surface area (Å²) < 4.78 is 0. The lowest BCUT2D eigenvalue weighted by molar-refractivity contribution is -0.121. The van der Waals surface area contributed by atoms with Crippen LogP contribution in [0, 0.1) is 11.8 Å². The van der Waals surface area contributed by atoms with Crippen LogP contribution in [0.15, 0.2) is 0 Å². The minimum Gasteiger partial charge on any atom is -0.352 e. The molecule has 1 rings (SSSR count). The van der Waals surface area contributed by atoms with E-state index in [1.807, 2.05) is 6.92 Å². The third-order valence-electron chi connectivity index (χ3n) is 3.56. The van der Waals surface area contributed by atoms with Gasteiger partial charge in [0.2, 0.25) is 5.91 Å². The van der Waals surface area contributed by atoms with Gasteiger partial charge in [0.25, 0.3) is 0 Å². The van der Waals surface area contributed by atoms with Crippen LogP contribution in [-0.4, -0.2) is 25.0 Å². The van der Waals surface area contributed by atoms with E-state index >= 15 is 0 Å². The van der Waals surface area contributed by atoms with Crippen LogP contribution < -0.4 is 10.6 Å². The second-order valence-corrected chi connectivity index (χ2v) is 5.15. The summed E-state index contributed by atoms with van der Waals surface area (Å²) in [5.41, 5.74) is 0. The average Bonchev–Trinajstić information content (AvgIpc) is 2.27. The van der Waals surface area contributed by atoms with Crippen LogP contribution >= 0.6 is 0 Å². The highest BCUT2D eigenvalue weighted by atomic mass is 16.1. The smallest absolute Gasteiger partial charge is 0.234 e. The van der Waals surface area contributed by atoms with Gasteiger partial charge in [0.05, 0.1) is 6.54 Å². The molecule has 94 valence electrons. The summed E-state index contributed by atoms with van der Waals surface area (Å²) in [4.78, 5) is 11.7. The summed E-state index contributed by atoms with van der Waals surface area (Å²) in [6, 6.07) is 0.403. The SMILES string of the molecule is CCNCC(=O)NC1CCCCC1C(C)C. The third-order valence-corrected chi connectivity index (χ3v) is 3.56. The van der Waals surface area contributed by atoms with Crippen molar-refractivity contribution in [2.45, 2.75) is 52.5 Å². The number of hydrogen-bond donors (Lipinski definition) is 2. The highest BCUT2D eigenvalue weighted by Crippen LogP contribution is 2.29. The third kappa shape index (κ3) is 4.12. The minimum atomic E-state index is 0.152. The van der Waals surface area contributed by atoms with Gasteiger partial charge in [-0.1, -0.05) is 33.6 Å². The van der Waals surface area contributed by atoms with Crippen molar-refractivity contribution < 1.29 is 4.79 Å². The molecule has 0 aromatic heterocycles. The molecule has 1 amide bonds. The fraction of sp³-hybridized carbons (Fsp3) is 0.923. The zero-order valence-electron chi connectivity index (χ0n) is 10.9. The maximum atomic E-state index is 11.7. The molecule has 0 spiro atoms. The van der Waals surface area contributed by atoms with Gasteiger partial charge in [0.1, 0.15) is 0 Å². The van der Waals surface area contributed by atoms with E-state index in [1.165, 1.54) is 19.3 Å². The van der Waals surface area contributed by atoms with Crippen LogP contribution in [0.25, 0.3) is 0 Å². The van der Waals surface area contributed by atoms with E-state index in [0.29, 0.717) is 24.4 Å². The first-order valence-corrected chi connectivity index (χ1v) is 6.65. The maximum absolute atomic E-state index is 11.7. The lowest BCUT2D eigenvalue weighted by atomic mass is 9.78. The lowest BCUT2D eigenvalue weighted by Crippen LogP contribution is -2.46. The Morgan fingerprint density at radius 2 is 2.00 bits per heavy atom. The van der Waals surface area contributed by atoms with Gasteiger partial charge in [0.15, 0.2) is 0 Å². The monoisotopic (exact) mass is 226 g/mol. The Balaban J connectivity index is 2.40. The number of carbonyl (C=O) groups is 1. The predicted octanol–water partition coefficient (Wildman–Crippen LogP) is 1.93. The standard InChI is InChI=1S/C13H26N2O/c1-4-14-9-13(16)15-12-8-6-5-7-11(12)10(2)3/h10-12,14H,4-9H2,1-3H3,(H,15,16). The van der Waals surface area contributed by atoms with Gasteiger partial charge in [-0.25, -0.2) is 0 Å². The fourth-order valence-electron chi connectivity index (χ4n) is 2.63. The van der Waals surface area contributed by atoms with E-state index < -0.39 is 0 Å². The molecule has 1 aliphatic carbocycles. The number of nitrogens with one attached hydrogen (secondary N) is 2. The first-order chi connectivity index (χ1) is 7.65. The summed E-state index contributed by atoms with van der Waals surface area (Å²) >= 11 is 0. The Labute approximate surface area is 99.4 Å². The van der Waals surface area contributed by atoms with Crippen LogP contribution in [0.4, 0.5) is 0 Å². The zero-order valence-corrected chi connectivity index (χ0v) is 10.9. The molecule has 1 fully saturated rings. The molecule has 0 aliphatic heterocycles. The number of likely N-dealkylation sites (N-methyl/N-ethyl adjacent to an activating group) is 1. The van der Waals surface area contributed by atoms with Gasteiger partial charge < -0.3 is 10.6 Å². The molecule has 0 aromatic carbocycles. The first kappa shape index (κ1) is 13.5. The molecule has 2 atom stereocenters. The Morgan fingerprint density at radius 1 is 1.31 bits per heavy atom. The molecular formula is C13H26N2O. The van der Waals surface area contributed by atoms with Crippen LogP contribution in [0.3, 0.4) is 0 Å². The second-order valence-electron chi connectivity index (χ2n) is 5.15. The Morgan fingerprint density at radius 3 is 2.62 bits per heavy atom. The summed E-state index contributed by atoms with van der Waals surface area (Å²) in [5.74, 6) is 1.49. The Hall–Kier alpha value is -0.570. The van der Waals surface area contributed by atoms with E-state index in [0.717, 1.165) is 13.0 Å². The predicted molar refractivity (Wildman–Crippen MR) is 67.3 cm³/mol. The minimum absolute atomic E-state index is 0.152. The molecule has 0 bridgehead atoms.